The summed E-state index contributed by atoms with van der Waals surface area (Å²) in [7, 11) is 0. The Bertz CT molecular complexity index is 579. The number of ether oxygens (including phenoxy) is 2. The van der Waals surface area contributed by atoms with Crippen LogP contribution in [0.1, 0.15) is 38.3 Å². The zero-order valence-corrected chi connectivity index (χ0v) is 18.0. The molecule has 0 spiro atoms. The quantitative estimate of drug-likeness (QED) is 0.333. The Kier molecular flexibility index (Phi) is 11.3. The third kappa shape index (κ3) is 7.95. The number of hydrogen-bond donors (Lipinski definition) is 2. The smallest absolute Gasteiger partial charge is 0.191 e. The van der Waals surface area contributed by atoms with Crippen molar-refractivity contribution in [1.29, 1.82) is 0 Å². The number of benzene rings is 1. The standard InChI is InChI=1S/C21H35ClN4O2/c1-3-23-21(24-11-7-8-14-27-4-2)25-17-20(26-12-15-28-16-13-26)18-9-5-6-10-19(18)22/h5-6,9-10,20H,3-4,7-8,11-17H2,1-2H3,(H2,23,24,25). The maximum Gasteiger partial charge on any atom is 0.191 e. The number of morpholine rings is 1. The molecule has 1 aromatic carbocycles. The molecular weight excluding hydrogens is 376 g/mol. The van der Waals surface area contributed by atoms with Gasteiger partial charge in [-0.2, -0.15) is 0 Å². The van der Waals surface area contributed by atoms with Crippen LogP contribution in [-0.4, -0.2) is 70.0 Å². The van der Waals surface area contributed by atoms with E-state index in [0.29, 0.717) is 6.54 Å². The van der Waals surface area contributed by atoms with E-state index in [4.69, 9.17) is 26.1 Å². The van der Waals surface area contributed by atoms with Gasteiger partial charge in [0.1, 0.15) is 0 Å². The molecule has 1 heterocycles. The lowest BCUT2D eigenvalue weighted by molar-refractivity contribution is 0.0180. The number of aliphatic imine (C=N–C) groups is 1. The van der Waals surface area contributed by atoms with Crippen molar-refractivity contribution in [3.05, 3.63) is 34.9 Å². The maximum absolute atomic E-state index is 6.51. The fourth-order valence-corrected chi connectivity index (χ4v) is 3.51. The minimum absolute atomic E-state index is 0.144. The topological polar surface area (TPSA) is 58.1 Å². The van der Waals surface area contributed by atoms with E-state index in [9.17, 15) is 0 Å². The number of nitrogens with one attached hydrogen (secondary N) is 2. The Morgan fingerprint density at radius 1 is 1.21 bits per heavy atom. The molecule has 1 unspecified atom stereocenters. The van der Waals surface area contributed by atoms with Gasteiger partial charge in [-0.1, -0.05) is 29.8 Å². The molecule has 1 aliphatic heterocycles. The fourth-order valence-electron chi connectivity index (χ4n) is 3.24. The van der Waals surface area contributed by atoms with Crippen LogP contribution in [0.4, 0.5) is 0 Å². The average molecular weight is 411 g/mol. The number of hydrogen-bond acceptors (Lipinski definition) is 4. The van der Waals surface area contributed by atoms with Crippen LogP contribution < -0.4 is 10.6 Å². The highest BCUT2D eigenvalue weighted by atomic mass is 35.5. The van der Waals surface area contributed by atoms with Crippen LogP contribution >= 0.6 is 11.6 Å². The van der Waals surface area contributed by atoms with Crippen LogP contribution in [0.15, 0.2) is 29.3 Å². The first-order valence-corrected chi connectivity index (χ1v) is 10.8. The van der Waals surface area contributed by atoms with Crippen molar-refractivity contribution in [3.8, 4) is 0 Å². The first kappa shape index (κ1) is 22.9. The average Bonchev–Trinajstić information content (AvgIpc) is 2.72. The molecule has 2 N–H and O–H groups in total. The minimum Gasteiger partial charge on any atom is -0.382 e. The Morgan fingerprint density at radius 2 is 2.00 bits per heavy atom. The van der Waals surface area contributed by atoms with Crippen LogP contribution in [-0.2, 0) is 9.47 Å². The van der Waals surface area contributed by atoms with Crippen molar-refractivity contribution in [2.24, 2.45) is 4.99 Å². The summed E-state index contributed by atoms with van der Waals surface area (Å²) in [5, 5.41) is 7.56. The SMILES string of the molecule is CCNC(=NCC(c1ccccc1Cl)N1CCOCC1)NCCCCOCC. The molecule has 28 heavy (non-hydrogen) atoms. The molecule has 1 saturated heterocycles. The summed E-state index contributed by atoms with van der Waals surface area (Å²) in [4.78, 5) is 7.28. The second kappa shape index (κ2) is 13.8. The molecule has 6 nitrogen and oxygen atoms in total. The summed E-state index contributed by atoms with van der Waals surface area (Å²) in [6.07, 6.45) is 2.11. The van der Waals surface area contributed by atoms with Crippen LogP contribution in [0.25, 0.3) is 0 Å². The molecule has 158 valence electrons. The molecule has 0 aromatic heterocycles. The Hall–Kier alpha value is -1.34. The lowest BCUT2D eigenvalue weighted by atomic mass is 10.0. The third-order valence-electron chi connectivity index (χ3n) is 4.73. The molecule has 0 amide bonds. The second-order valence-electron chi connectivity index (χ2n) is 6.74. The first-order chi connectivity index (χ1) is 13.8. The molecule has 0 saturated carbocycles. The van der Waals surface area contributed by atoms with Crippen LogP contribution in [0.3, 0.4) is 0 Å². The van der Waals surface area contributed by atoms with Crippen molar-refractivity contribution in [2.75, 3.05) is 59.2 Å². The summed E-state index contributed by atoms with van der Waals surface area (Å²) in [6, 6.07) is 8.22. The van der Waals surface area contributed by atoms with Crippen molar-refractivity contribution >= 4 is 17.6 Å². The zero-order valence-electron chi connectivity index (χ0n) is 17.3. The van der Waals surface area contributed by atoms with Gasteiger partial charge >= 0.3 is 0 Å². The normalized spacial score (nSPS) is 16.8. The predicted octanol–water partition coefficient (Wildman–Crippen LogP) is 3.09. The Balaban J connectivity index is 2.00. The monoisotopic (exact) mass is 410 g/mol. The van der Waals surface area contributed by atoms with Crippen molar-refractivity contribution in [2.45, 2.75) is 32.7 Å². The molecule has 1 aliphatic rings. The van der Waals surface area contributed by atoms with Crippen LogP contribution in [0, 0.1) is 0 Å². The summed E-state index contributed by atoms with van der Waals surface area (Å²) in [5.74, 6) is 0.851. The minimum atomic E-state index is 0.144. The highest BCUT2D eigenvalue weighted by molar-refractivity contribution is 6.31. The summed E-state index contributed by atoms with van der Waals surface area (Å²) in [6.45, 7) is 11.4. The van der Waals surface area contributed by atoms with Gasteiger partial charge < -0.3 is 20.1 Å². The van der Waals surface area contributed by atoms with E-state index < -0.39 is 0 Å². The lowest BCUT2D eigenvalue weighted by Crippen LogP contribution is -2.42. The second-order valence-corrected chi connectivity index (χ2v) is 7.14. The Labute approximate surface area is 174 Å². The van der Waals surface area contributed by atoms with Crippen LogP contribution in [0.2, 0.25) is 5.02 Å². The third-order valence-corrected chi connectivity index (χ3v) is 5.07. The summed E-state index contributed by atoms with van der Waals surface area (Å²) in [5.41, 5.74) is 1.13. The molecule has 0 aliphatic carbocycles. The number of rotatable bonds is 11. The molecule has 1 aromatic rings. The number of guanidine groups is 1. The van der Waals surface area contributed by atoms with Crippen LogP contribution in [0.5, 0.6) is 0 Å². The van der Waals surface area contributed by atoms with Gasteiger partial charge in [-0.3, -0.25) is 9.89 Å². The van der Waals surface area contributed by atoms with E-state index in [1.165, 1.54) is 0 Å². The zero-order chi connectivity index (χ0) is 20.0. The molecule has 1 fully saturated rings. The Morgan fingerprint density at radius 3 is 2.71 bits per heavy atom. The van der Waals surface area contributed by atoms with Gasteiger partial charge in [-0.25, -0.2) is 0 Å². The van der Waals surface area contributed by atoms with Gasteiger partial charge in [0.2, 0.25) is 0 Å². The van der Waals surface area contributed by atoms with E-state index in [-0.39, 0.29) is 6.04 Å². The number of unbranched alkanes of at least 4 members (excludes halogenated alkanes) is 1. The predicted molar refractivity (Wildman–Crippen MR) is 116 cm³/mol. The molecular formula is C21H35ClN4O2. The van der Waals surface area contributed by atoms with E-state index in [2.05, 4.69) is 28.5 Å². The molecule has 2 rings (SSSR count). The molecule has 0 radical (unpaired) electrons. The number of nitrogens with zero attached hydrogens (tertiary/aromatic N) is 2. The van der Waals surface area contributed by atoms with E-state index >= 15 is 0 Å². The first-order valence-electron chi connectivity index (χ1n) is 10.4. The number of halogens is 1. The summed E-state index contributed by atoms with van der Waals surface area (Å²) < 4.78 is 10.9. The van der Waals surface area contributed by atoms with Gasteiger partial charge in [0.05, 0.1) is 25.8 Å². The molecule has 7 heteroatoms. The van der Waals surface area contributed by atoms with Crippen molar-refractivity contribution in [1.82, 2.24) is 15.5 Å². The van der Waals surface area contributed by atoms with Gasteiger partial charge in [0, 0.05) is 44.4 Å². The lowest BCUT2D eigenvalue weighted by Gasteiger charge is -2.34. The molecule has 1 atom stereocenters. The van der Waals surface area contributed by atoms with Gasteiger partial charge in [-0.05, 0) is 38.3 Å². The summed E-state index contributed by atoms with van der Waals surface area (Å²) >= 11 is 6.51. The van der Waals surface area contributed by atoms with E-state index in [1.807, 2.05) is 25.1 Å². The van der Waals surface area contributed by atoms with Crippen molar-refractivity contribution < 1.29 is 9.47 Å². The highest BCUT2D eigenvalue weighted by Crippen LogP contribution is 2.28. The fraction of sp³-hybridized carbons (Fsp3) is 0.667. The van der Waals surface area contributed by atoms with E-state index in [1.54, 1.807) is 0 Å². The largest absolute Gasteiger partial charge is 0.382 e. The van der Waals surface area contributed by atoms with Crippen molar-refractivity contribution in [3.63, 3.8) is 0 Å². The van der Waals surface area contributed by atoms with Gasteiger partial charge in [-0.15, -0.1) is 0 Å². The highest BCUT2D eigenvalue weighted by Gasteiger charge is 2.24. The van der Waals surface area contributed by atoms with E-state index in [0.717, 1.165) is 82.0 Å². The maximum atomic E-state index is 6.51. The van der Waals surface area contributed by atoms with Gasteiger partial charge in [0.25, 0.3) is 0 Å². The molecule has 0 bridgehead atoms. The van der Waals surface area contributed by atoms with Gasteiger partial charge in [0.15, 0.2) is 5.96 Å².